The number of pyridine rings is 1. The van der Waals surface area contributed by atoms with Crippen LogP contribution in [-0.2, 0) is 12.3 Å². The van der Waals surface area contributed by atoms with Crippen LogP contribution < -0.4 is 5.32 Å². The van der Waals surface area contributed by atoms with Gasteiger partial charge in [-0.05, 0) is 74.0 Å². The minimum absolute atomic E-state index is 0.0893. The fourth-order valence-electron chi connectivity index (χ4n) is 3.14. The maximum absolute atomic E-state index is 12.6. The predicted molar refractivity (Wildman–Crippen MR) is 126 cm³/mol. The summed E-state index contributed by atoms with van der Waals surface area (Å²) in [6, 6.07) is 20.4. The van der Waals surface area contributed by atoms with E-state index in [1.165, 1.54) is 11.1 Å². The molecule has 0 saturated heterocycles. The molecule has 0 spiro atoms. The van der Waals surface area contributed by atoms with E-state index in [4.69, 9.17) is 0 Å². The van der Waals surface area contributed by atoms with Crippen LogP contribution in [0.4, 0.5) is 5.69 Å². The topological polar surface area (TPSA) is 45.2 Å². The minimum atomic E-state index is -0.0893. The van der Waals surface area contributed by atoms with E-state index in [0.717, 1.165) is 29.4 Å². The molecule has 0 bridgehead atoms. The highest BCUT2D eigenvalue weighted by atomic mass is 32.2. The van der Waals surface area contributed by atoms with Crippen molar-refractivity contribution in [2.24, 2.45) is 0 Å². The standard InChI is InChI=1S/C25H29N3OS/c1-4-28(19(2)3)17-20-7-9-22(10-8-20)25(29)27-23-11-13-24(14-12-23)30-18-21-6-5-15-26-16-21/h5-16,19H,4,17-18H2,1-3H3,(H,27,29). The van der Waals surface area contributed by atoms with Gasteiger partial charge in [0.25, 0.3) is 5.91 Å². The largest absolute Gasteiger partial charge is 0.322 e. The third-order valence-electron chi connectivity index (χ3n) is 4.98. The first-order chi connectivity index (χ1) is 14.5. The number of rotatable bonds is 9. The number of aromatic nitrogens is 1. The Kier molecular flexibility index (Phi) is 8.05. The van der Waals surface area contributed by atoms with E-state index < -0.39 is 0 Å². The normalized spacial score (nSPS) is 11.1. The van der Waals surface area contributed by atoms with Gasteiger partial charge in [-0.25, -0.2) is 0 Å². The maximum atomic E-state index is 12.6. The van der Waals surface area contributed by atoms with Gasteiger partial charge >= 0.3 is 0 Å². The number of thioether (sulfide) groups is 1. The molecule has 3 rings (SSSR count). The zero-order chi connectivity index (χ0) is 21.3. The summed E-state index contributed by atoms with van der Waals surface area (Å²) in [7, 11) is 0. The summed E-state index contributed by atoms with van der Waals surface area (Å²) in [5.41, 5.74) is 3.88. The van der Waals surface area contributed by atoms with Crippen molar-refractivity contribution in [3.63, 3.8) is 0 Å². The molecule has 0 aliphatic carbocycles. The van der Waals surface area contributed by atoms with E-state index >= 15 is 0 Å². The molecule has 1 heterocycles. The van der Waals surface area contributed by atoms with E-state index in [0.29, 0.717) is 11.6 Å². The lowest BCUT2D eigenvalue weighted by atomic mass is 10.1. The van der Waals surface area contributed by atoms with E-state index in [2.05, 4.69) is 42.0 Å². The first-order valence-corrected chi connectivity index (χ1v) is 11.3. The lowest BCUT2D eigenvalue weighted by molar-refractivity contribution is 0.102. The Balaban J connectivity index is 1.54. The number of nitrogens with one attached hydrogen (secondary N) is 1. The second kappa shape index (κ2) is 11.0. The van der Waals surface area contributed by atoms with E-state index in [1.807, 2.05) is 60.8 Å². The molecule has 0 radical (unpaired) electrons. The Hall–Kier alpha value is -2.63. The summed E-state index contributed by atoms with van der Waals surface area (Å²) in [6.07, 6.45) is 3.67. The molecule has 1 N–H and O–H groups in total. The van der Waals surface area contributed by atoms with Crippen molar-refractivity contribution in [3.05, 3.63) is 89.7 Å². The number of hydrogen-bond acceptors (Lipinski definition) is 4. The summed E-state index contributed by atoms with van der Waals surface area (Å²) in [5, 5.41) is 2.98. The van der Waals surface area contributed by atoms with Crippen molar-refractivity contribution in [1.29, 1.82) is 0 Å². The van der Waals surface area contributed by atoms with Gasteiger partial charge < -0.3 is 5.32 Å². The molecular formula is C25H29N3OS. The summed E-state index contributed by atoms with van der Waals surface area (Å²) < 4.78 is 0. The number of carbonyl (C=O) groups is 1. The van der Waals surface area contributed by atoms with E-state index in [9.17, 15) is 4.79 Å². The summed E-state index contributed by atoms with van der Waals surface area (Å²) in [5.74, 6) is 0.784. The minimum Gasteiger partial charge on any atom is -0.322 e. The molecule has 0 aliphatic rings. The van der Waals surface area contributed by atoms with Crippen LogP contribution in [0.25, 0.3) is 0 Å². The number of hydrogen-bond donors (Lipinski definition) is 1. The van der Waals surface area contributed by atoms with Gasteiger partial charge in [0, 0.05) is 46.9 Å². The highest BCUT2D eigenvalue weighted by molar-refractivity contribution is 7.98. The summed E-state index contributed by atoms with van der Waals surface area (Å²) in [6.45, 7) is 8.48. The van der Waals surface area contributed by atoms with Crippen molar-refractivity contribution in [1.82, 2.24) is 9.88 Å². The fourth-order valence-corrected chi connectivity index (χ4v) is 3.98. The smallest absolute Gasteiger partial charge is 0.255 e. The van der Waals surface area contributed by atoms with Crippen LogP contribution in [0.1, 0.15) is 42.3 Å². The molecule has 2 aromatic carbocycles. The zero-order valence-corrected chi connectivity index (χ0v) is 18.7. The Morgan fingerprint density at radius 3 is 2.37 bits per heavy atom. The number of benzene rings is 2. The SMILES string of the molecule is CCN(Cc1ccc(C(=O)Nc2ccc(SCc3cccnc3)cc2)cc1)C(C)C. The molecule has 0 fully saturated rings. The fraction of sp³-hybridized carbons (Fsp3) is 0.280. The van der Waals surface area contributed by atoms with Crippen LogP contribution in [0.5, 0.6) is 0 Å². The Morgan fingerprint density at radius 1 is 1.03 bits per heavy atom. The monoisotopic (exact) mass is 419 g/mol. The summed E-state index contributed by atoms with van der Waals surface area (Å²) in [4.78, 5) is 20.3. The van der Waals surface area contributed by atoms with Crippen molar-refractivity contribution < 1.29 is 4.79 Å². The number of amides is 1. The predicted octanol–water partition coefficient (Wildman–Crippen LogP) is 5.86. The van der Waals surface area contributed by atoms with Crippen molar-refractivity contribution in [2.45, 2.75) is 44.0 Å². The molecule has 1 aromatic heterocycles. The van der Waals surface area contributed by atoms with Crippen molar-refractivity contribution in [3.8, 4) is 0 Å². The van der Waals surface area contributed by atoms with Crippen LogP contribution in [0.2, 0.25) is 0 Å². The molecule has 3 aromatic rings. The molecular weight excluding hydrogens is 390 g/mol. The molecule has 0 unspecified atom stereocenters. The molecule has 5 heteroatoms. The van der Waals surface area contributed by atoms with Gasteiger partial charge in [-0.15, -0.1) is 11.8 Å². The molecule has 0 saturated carbocycles. The quantitative estimate of drug-likeness (QED) is 0.442. The number of anilines is 1. The Labute approximate surface area is 183 Å². The van der Waals surface area contributed by atoms with Crippen molar-refractivity contribution in [2.75, 3.05) is 11.9 Å². The van der Waals surface area contributed by atoms with Crippen LogP contribution in [0, 0.1) is 0 Å². The molecule has 0 atom stereocenters. The van der Waals surface area contributed by atoms with Crippen LogP contribution >= 0.6 is 11.8 Å². The van der Waals surface area contributed by atoms with Gasteiger partial charge in [0.2, 0.25) is 0 Å². The van der Waals surface area contributed by atoms with Gasteiger partial charge in [0.15, 0.2) is 0 Å². The Bertz CT molecular complexity index is 925. The van der Waals surface area contributed by atoms with Crippen LogP contribution in [0.3, 0.4) is 0 Å². The molecule has 1 amide bonds. The second-order valence-electron chi connectivity index (χ2n) is 7.48. The van der Waals surface area contributed by atoms with Gasteiger partial charge in [-0.2, -0.15) is 0 Å². The Morgan fingerprint density at radius 2 is 1.77 bits per heavy atom. The average molecular weight is 420 g/mol. The van der Waals surface area contributed by atoms with Crippen LogP contribution in [0.15, 0.2) is 78.0 Å². The van der Waals surface area contributed by atoms with Gasteiger partial charge in [0.05, 0.1) is 0 Å². The molecule has 30 heavy (non-hydrogen) atoms. The zero-order valence-electron chi connectivity index (χ0n) is 17.8. The average Bonchev–Trinajstić information content (AvgIpc) is 2.78. The third kappa shape index (κ3) is 6.44. The summed E-state index contributed by atoms with van der Waals surface area (Å²) >= 11 is 1.75. The van der Waals surface area contributed by atoms with Crippen molar-refractivity contribution >= 4 is 23.4 Å². The first-order valence-electron chi connectivity index (χ1n) is 10.3. The molecule has 156 valence electrons. The molecule has 4 nitrogen and oxygen atoms in total. The van der Waals surface area contributed by atoms with E-state index in [-0.39, 0.29) is 5.91 Å². The molecule has 0 aliphatic heterocycles. The highest BCUT2D eigenvalue weighted by Gasteiger charge is 2.10. The lowest BCUT2D eigenvalue weighted by Gasteiger charge is -2.24. The lowest BCUT2D eigenvalue weighted by Crippen LogP contribution is -2.29. The van der Waals surface area contributed by atoms with E-state index in [1.54, 1.807) is 18.0 Å². The number of nitrogens with zero attached hydrogens (tertiary/aromatic N) is 2. The third-order valence-corrected chi connectivity index (χ3v) is 6.06. The first kappa shape index (κ1) is 22.1. The van der Waals surface area contributed by atoms with Gasteiger partial charge in [0.1, 0.15) is 0 Å². The van der Waals surface area contributed by atoms with Gasteiger partial charge in [-0.3, -0.25) is 14.7 Å². The highest BCUT2D eigenvalue weighted by Crippen LogP contribution is 2.24. The maximum Gasteiger partial charge on any atom is 0.255 e. The van der Waals surface area contributed by atoms with Crippen LogP contribution in [-0.4, -0.2) is 28.4 Å². The number of carbonyl (C=O) groups excluding carboxylic acids is 1. The van der Waals surface area contributed by atoms with Gasteiger partial charge in [-0.1, -0.05) is 25.1 Å². The second-order valence-corrected chi connectivity index (χ2v) is 8.53.